The van der Waals surface area contributed by atoms with Crippen molar-refractivity contribution < 1.29 is 31.5 Å². The largest absolute Gasteiger partial charge is 0.673 e. The summed E-state index contributed by atoms with van der Waals surface area (Å²) in [5.74, 6) is -0.0548. The predicted molar refractivity (Wildman–Crippen MR) is 180 cm³/mol. The maximum absolute atomic E-state index is 9.75. The van der Waals surface area contributed by atoms with Crippen LogP contribution in [-0.4, -0.2) is 31.9 Å². The molecule has 0 amide bonds. The molecule has 5 aromatic carbocycles. The van der Waals surface area contributed by atoms with Crippen LogP contribution in [0.3, 0.4) is 0 Å². The average molecular weight is 646 g/mol. The van der Waals surface area contributed by atoms with Gasteiger partial charge in [-0.15, -0.1) is 0 Å². The van der Waals surface area contributed by atoms with Gasteiger partial charge in [0.25, 0.3) is 0 Å². The highest BCUT2D eigenvalue weighted by molar-refractivity contribution is 7.96. The second-order valence-corrected chi connectivity index (χ2v) is 14.5. The van der Waals surface area contributed by atoms with E-state index in [9.17, 15) is 17.3 Å². The molecule has 1 aliphatic heterocycles. The van der Waals surface area contributed by atoms with Gasteiger partial charge < -0.3 is 31.5 Å². The van der Waals surface area contributed by atoms with Crippen LogP contribution in [-0.2, 0) is 27.4 Å². The molecule has 0 bridgehead atoms. The van der Waals surface area contributed by atoms with Crippen molar-refractivity contribution in [2.45, 2.75) is 37.7 Å². The van der Waals surface area contributed by atoms with Gasteiger partial charge in [-0.1, -0.05) is 115 Å². The molecule has 9 heteroatoms. The van der Waals surface area contributed by atoms with Gasteiger partial charge in [-0.3, -0.25) is 0 Å². The minimum Gasteiger partial charge on any atom is -0.418 e. The van der Waals surface area contributed by atoms with Crippen molar-refractivity contribution in [3.8, 4) is 0 Å². The fourth-order valence-corrected chi connectivity index (χ4v) is 10.5. The zero-order valence-electron chi connectivity index (χ0n) is 25.3. The standard InChI is InChI=1S/C37H36O3P.BF4/c1-6-16-30(17-7-1)27-38-29-36-35(39-28-31-18-8-2-9-19-31)26-37(40-36)41(32-20-10-3-11-21-32,33-22-12-4-13-23-33)34-24-14-5-15-25-34;2-1(3,4)5/h1-25,35-37H,26-29H2;/q+1;-1/t35-,36+,37+;/m0./s1. The summed E-state index contributed by atoms with van der Waals surface area (Å²) < 4.78 is 59.1. The van der Waals surface area contributed by atoms with Gasteiger partial charge in [0.1, 0.15) is 29.3 Å². The number of ether oxygens (including phenoxy) is 3. The van der Waals surface area contributed by atoms with Crippen LogP contribution in [0.2, 0.25) is 0 Å². The Bertz CT molecular complexity index is 1480. The van der Waals surface area contributed by atoms with E-state index in [-0.39, 0.29) is 18.1 Å². The van der Waals surface area contributed by atoms with Gasteiger partial charge in [0, 0.05) is 6.42 Å². The summed E-state index contributed by atoms with van der Waals surface area (Å²) in [5.41, 5.74) is 2.32. The van der Waals surface area contributed by atoms with Crippen molar-refractivity contribution in [2.24, 2.45) is 0 Å². The molecule has 3 nitrogen and oxygen atoms in total. The zero-order valence-corrected chi connectivity index (χ0v) is 26.1. The molecular weight excluding hydrogens is 610 g/mol. The van der Waals surface area contributed by atoms with Crippen LogP contribution < -0.4 is 15.9 Å². The molecular formula is C37H36BF4O3P. The normalized spacial score (nSPS) is 18.0. The molecule has 1 saturated heterocycles. The molecule has 5 aromatic rings. The Morgan fingerprint density at radius 1 is 0.565 bits per heavy atom. The van der Waals surface area contributed by atoms with E-state index in [2.05, 4.69) is 127 Å². The Labute approximate surface area is 268 Å². The number of hydrogen-bond acceptors (Lipinski definition) is 3. The van der Waals surface area contributed by atoms with Crippen molar-refractivity contribution in [2.75, 3.05) is 6.61 Å². The fourth-order valence-electron chi connectivity index (χ4n) is 5.85. The van der Waals surface area contributed by atoms with Crippen LogP contribution in [0.15, 0.2) is 152 Å². The molecule has 0 radical (unpaired) electrons. The van der Waals surface area contributed by atoms with E-state index < -0.39 is 14.5 Å². The topological polar surface area (TPSA) is 27.7 Å². The minimum absolute atomic E-state index is 0.0548. The lowest BCUT2D eigenvalue weighted by molar-refractivity contribution is -0.0628. The lowest BCUT2D eigenvalue weighted by Gasteiger charge is -2.32. The molecule has 0 aliphatic carbocycles. The average Bonchev–Trinajstić information content (AvgIpc) is 3.48. The summed E-state index contributed by atoms with van der Waals surface area (Å²) in [7, 11) is -8.22. The molecule has 0 saturated carbocycles. The first-order valence-corrected chi connectivity index (χ1v) is 17.1. The molecule has 1 fully saturated rings. The molecule has 0 unspecified atom stereocenters. The predicted octanol–water partition coefficient (Wildman–Crippen LogP) is 8.20. The van der Waals surface area contributed by atoms with Crippen LogP contribution in [0.1, 0.15) is 17.5 Å². The van der Waals surface area contributed by atoms with Crippen molar-refractivity contribution in [3.63, 3.8) is 0 Å². The van der Waals surface area contributed by atoms with Gasteiger partial charge in [-0.25, -0.2) is 0 Å². The molecule has 0 spiro atoms. The van der Waals surface area contributed by atoms with E-state index in [1.54, 1.807) is 0 Å². The van der Waals surface area contributed by atoms with Crippen LogP contribution in [0, 0.1) is 0 Å². The lowest BCUT2D eigenvalue weighted by atomic mass is 10.2. The Hall–Kier alpha value is -3.81. The number of hydrogen-bond donors (Lipinski definition) is 0. The van der Waals surface area contributed by atoms with Crippen LogP contribution in [0.5, 0.6) is 0 Å². The second kappa shape index (κ2) is 16.2. The summed E-state index contributed by atoms with van der Waals surface area (Å²) in [6.45, 7) is 1.57. The Morgan fingerprint density at radius 3 is 1.35 bits per heavy atom. The van der Waals surface area contributed by atoms with Crippen LogP contribution in [0.25, 0.3) is 0 Å². The third kappa shape index (κ3) is 8.92. The Kier molecular flexibility index (Phi) is 11.8. The molecule has 46 heavy (non-hydrogen) atoms. The van der Waals surface area contributed by atoms with E-state index in [0.717, 1.165) is 17.5 Å². The molecule has 3 atom stereocenters. The van der Waals surface area contributed by atoms with Crippen molar-refractivity contribution in [1.82, 2.24) is 0 Å². The maximum Gasteiger partial charge on any atom is 0.673 e. The van der Waals surface area contributed by atoms with Gasteiger partial charge in [-0.2, -0.15) is 0 Å². The van der Waals surface area contributed by atoms with E-state index in [1.165, 1.54) is 15.9 Å². The van der Waals surface area contributed by atoms with E-state index in [0.29, 0.717) is 19.8 Å². The first kappa shape index (κ1) is 33.6. The lowest BCUT2D eigenvalue weighted by Crippen LogP contribution is -2.39. The molecule has 0 aromatic heterocycles. The molecule has 1 aliphatic rings. The van der Waals surface area contributed by atoms with Crippen LogP contribution >= 0.6 is 7.26 Å². The van der Waals surface area contributed by atoms with Crippen LogP contribution in [0.4, 0.5) is 17.3 Å². The highest BCUT2D eigenvalue weighted by Crippen LogP contribution is 2.63. The smallest absolute Gasteiger partial charge is 0.418 e. The first-order valence-electron chi connectivity index (χ1n) is 15.2. The van der Waals surface area contributed by atoms with E-state index in [1.807, 2.05) is 24.3 Å². The SMILES string of the molecule is F[B-](F)(F)F.c1ccc(COC[C@H]2O[C@H]([P+](c3ccccc3)(c3ccccc3)c3ccccc3)C[C@@H]2OCc2ccccc2)cc1. The quantitative estimate of drug-likeness (QED) is 0.0823. The zero-order chi connectivity index (χ0) is 32.2. The van der Waals surface area contributed by atoms with E-state index in [4.69, 9.17) is 14.2 Å². The maximum atomic E-state index is 9.75. The minimum atomic E-state index is -6.00. The Balaban J connectivity index is 0.000000775. The summed E-state index contributed by atoms with van der Waals surface area (Å²) in [6, 6.07) is 53.5. The number of rotatable bonds is 11. The summed E-state index contributed by atoms with van der Waals surface area (Å²) in [6.07, 6.45) is 0.521. The molecule has 238 valence electrons. The molecule has 0 N–H and O–H groups in total. The second-order valence-electron chi connectivity index (χ2n) is 10.9. The Morgan fingerprint density at radius 2 is 0.935 bits per heavy atom. The van der Waals surface area contributed by atoms with Crippen molar-refractivity contribution >= 4 is 30.4 Å². The number of benzene rings is 5. The van der Waals surface area contributed by atoms with Gasteiger partial charge in [0.15, 0.2) is 5.85 Å². The van der Waals surface area contributed by atoms with Gasteiger partial charge in [0.2, 0.25) is 0 Å². The highest BCUT2D eigenvalue weighted by Gasteiger charge is 2.58. The third-order valence-electron chi connectivity index (χ3n) is 7.80. The first-order chi connectivity index (χ1) is 22.3. The van der Waals surface area contributed by atoms with Gasteiger partial charge in [-0.05, 0) is 47.5 Å². The van der Waals surface area contributed by atoms with Crippen molar-refractivity contribution in [1.29, 1.82) is 0 Å². The molecule has 1 heterocycles. The fraction of sp³-hybridized carbons (Fsp3) is 0.189. The van der Waals surface area contributed by atoms with Crippen molar-refractivity contribution in [3.05, 3.63) is 163 Å². The van der Waals surface area contributed by atoms with Gasteiger partial charge >= 0.3 is 7.25 Å². The highest BCUT2D eigenvalue weighted by atomic mass is 31.2. The number of halogens is 4. The summed E-state index contributed by atoms with van der Waals surface area (Å²) in [4.78, 5) is 0. The molecule has 6 rings (SSSR count). The summed E-state index contributed by atoms with van der Waals surface area (Å²) >= 11 is 0. The summed E-state index contributed by atoms with van der Waals surface area (Å²) in [5, 5.41) is 3.94. The van der Waals surface area contributed by atoms with E-state index >= 15 is 0 Å². The van der Waals surface area contributed by atoms with Gasteiger partial charge in [0.05, 0.1) is 25.9 Å². The third-order valence-corrected chi connectivity index (χ3v) is 12.3. The monoisotopic (exact) mass is 646 g/mol.